The molecule has 0 amide bonds. The van der Waals surface area contributed by atoms with Gasteiger partial charge in [0.25, 0.3) is 0 Å². The third kappa shape index (κ3) is 63.0. The van der Waals surface area contributed by atoms with Gasteiger partial charge in [0.1, 0.15) is 13.2 Å². The largest absolute Gasteiger partial charge is 0.462 e. The molecular formula is C71H122O6. The van der Waals surface area contributed by atoms with E-state index < -0.39 is 6.10 Å². The van der Waals surface area contributed by atoms with Gasteiger partial charge in [-0.2, -0.15) is 0 Å². The molecule has 77 heavy (non-hydrogen) atoms. The number of rotatable bonds is 59. The molecule has 442 valence electrons. The highest BCUT2D eigenvalue weighted by Gasteiger charge is 2.19. The second kappa shape index (κ2) is 64.9. The van der Waals surface area contributed by atoms with Crippen LogP contribution in [0.2, 0.25) is 0 Å². The van der Waals surface area contributed by atoms with Gasteiger partial charge >= 0.3 is 17.9 Å². The van der Waals surface area contributed by atoms with Crippen LogP contribution in [-0.2, 0) is 28.6 Å². The Kier molecular flexibility index (Phi) is 61.8. The fraction of sp³-hybridized carbons (Fsp3) is 0.732. The van der Waals surface area contributed by atoms with Crippen LogP contribution in [0.15, 0.2) is 97.2 Å². The van der Waals surface area contributed by atoms with E-state index in [1.165, 1.54) is 148 Å². The van der Waals surface area contributed by atoms with Crippen LogP contribution in [0.1, 0.15) is 316 Å². The standard InChI is InChI=1S/C71H122O6/c1-4-7-10-13-16-19-22-25-28-30-32-33-34-35-36-37-38-39-40-42-43-46-49-52-55-58-61-64-70(73)76-67-68(66-75-69(72)63-60-57-54-51-48-45-27-24-21-18-15-12-9-6-3)77-71(74)65-62-59-56-53-50-47-44-41-31-29-26-23-20-17-14-11-8-5-2/h7,10,16,19,24-25,27-28,32-33,35-36,38-39,42-43,68H,4-6,8-9,11-15,17-18,20-23,26,29-31,34,37,40-41,44-67H2,1-3H3/b10-7-,19-16-,27-24-,28-25-,33-32-,36-35-,39-38-,43-42-. The summed E-state index contributed by atoms with van der Waals surface area (Å²) in [5.41, 5.74) is 0. The zero-order chi connectivity index (χ0) is 55.7. The molecule has 6 nitrogen and oxygen atoms in total. The number of allylic oxidation sites excluding steroid dienone is 16. The van der Waals surface area contributed by atoms with Crippen molar-refractivity contribution >= 4 is 17.9 Å². The van der Waals surface area contributed by atoms with E-state index in [1.54, 1.807) is 0 Å². The highest BCUT2D eigenvalue weighted by Crippen LogP contribution is 2.17. The Labute approximate surface area is 477 Å². The lowest BCUT2D eigenvalue weighted by molar-refractivity contribution is -0.167. The predicted molar refractivity (Wildman–Crippen MR) is 334 cm³/mol. The van der Waals surface area contributed by atoms with E-state index in [4.69, 9.17) is 14.2 Å². The summed E-state index contributed by atoms with van der Waals surface area (Å²) in [5, 5.41) is 0. The smallest absolute Gasteiger partial charge is 0.306 e. The Morgan fingerprint density at radius 3 is 0.805 bits per heavy atom. The summed E-state index contributed by atoms with van der Waals surface area (Å²) in [7, 11) is 0. The van der Waals surface area contributed by atoms with E-state index >= 15 is 0 Å². The lowest BCUT2D eigenvalue weighted by atomic mass is 10.0. The average molecular weight is 1070 g/mol. The normalized spacial score (nSPS) is 12.7. The van der Waals surface area contributed by atoms with Crippen LogP contribution in [0.5, 0.6) is 0 Å². The molecule has 0 aromatic heterocycles. The van der Waals surface area contributed by atoms with Gasteiger partial charge in [-0.1, -0.05) is 291 Å². The SMILES string of the molecule is CC/C=C\C/C=C\C/C=C\C/C=C\C/C=C\C/C=C\C/C=C\CCCCCCCC(=O)OCC(COC(=O)CCCCCCC/C=C\CCCCCCC)OC(=O)CCCCCCCCCCCCCCCCCCCC. The molecule has 0 aliphatic rings. The van der Waals surface area contributed by atoms with Crippen molar-refractivity contribution in [2.24, 2.45) is 0 Å². The lowest BCUT2D eigenvalue weighted by Crippen LogP contribution is -2.30. The van der Waals surface area contributed by atoms with Gasteiger partial charge in [0.05, 0.1) is 0 Å². The summed E-state index contributed by atoms with van der Waals surface area (Å²) in [6, 6.07) is 0. The second-order valence-electron chi connectivity index (χ2n) is 21.6. The maximum absolute atomic E-state index is 12.9. The number of ether oxygens (including phenoxy) is 3. The first-order valence-corrected chi connectivity index (χ1v) is 32.7. The van der Waals surface area contributed by atoms with Gasteiger partial charge in [-0.05, 0) is 103 Å². The summed E-state index contributed by atoms with van der Waals surface area (Å²) < 4.78 is 16.9. The molecule has 0 aliphatic heterocycles. The maximum Gasteiger partial charge on any atom is 0.306 e. The summed E-state index contributed by atoms with van der Waals surface area (Å²) in [4.78, 5) is 38.3. The highest BCUT2D eigenvalue weighted by atomic mass is 16.6. The van der Waals surface area contributed by atoms with Crippen molar-refractivity contribution in [3.8, 4) is 0 Å². The zero-order valence-electron chi connectivity index (χ0n) is 50.7. The van der Waals surface area contributed by atoms with E-state index in [2.05, 4.69) is 118 Å². The van der Waals surface area contributed by atoms with Crippen molar-refractivity contribution in [3.63, 3.8) is 0 Å². The van der Waals surface area contributed by atoms with Crippen molar-refractivity contribution in [2.75, 3.05) is 13.2 Å². The van der Waals surface area contributed by atoms with Crippen molar-refractivity contribution in [2.45, 2.75) is 322 Å². The third-order valence-corrected chi connectivity index (χ3v) is 14.1. The monoisotopic (exact) mass is 1070 g/mol. The minimum absolute atomic E-state index is 0.0856. The molecule has 1 atom stereocenters. The topological polar surface area (TPSA) is 78.9 Å². The molecule has 0 saturated heterocycles. The van der Waals surface area contributed by atoms with Crippen molar-refractivity contribution in [1.82, 2.24) is 0 Å². The molecule has 0 saturated carbocycles. The number of carbonyl (C=O) groups excluding carboxylic acids is 3. The van der Waals surface area contributed by atoms with E-state index in [-0.39, 0.29) is 31.1 Å². The van der Waals surface area contributed by atoms with E-state index in [0.717, 1.165) is 128 Å². The highest BCUT2D eigenvalue weighted by molar-refractivity contribution is 5.71. The minimum Gasteiger partial charge on any atom is -0.462 e. The predicted octanol–water partition coefficient (Wildman–Crippen LogP) is 22.4. The van der Waals surface area contributed by atoms with Crippen LogP contribution in [0.25, 0.3) is 0 Å². The van der Waals surface area contributed by atoms with Gasteiger partial charge in [-0.15, -0.1) is 0 Å². The molecule has 0 radical (unpaired) electrons. The molecule has 0 fully saturated rings. The summed E-state index contributed by atoms with van der Waals surface area (Å²) in [6.45, 7) is 6.53. The average Bonchev–Trinajstić information content (AvgIpc) is 3.43. The second-order valence-corrected chi connectivity index (χ2v) is 21.6. The Morgan fingerprint density at radius 1 is 0.273 bits per heavy atom. The van der Waals surface area contributed by atoms with Gasteiger partial charge in [-0.3, -0.25) is 14.4 Å². The van der Waals surface area contributed by atoms with Gasteiger partial charge < -0.3 is 14.2 Å². The minimum atomic E-state index is -0.789. The quantitative estimate of drug-likeness (QED) is 0.0261. The van der Waals surface area contributed by atoms with Gasteiger partial charge in [-0.25, -0.2) is 0 Å². The van der Waals surface area contributed by atoms with E-state index in [1.807, 2.05) is 0 Å². The van der Waals surface area contributed by atoms with Gasteiger partial charge in [0, 0.05) is 19.3 Å². The molecule has 0 rings (SSSR count). The molecule has 6 heteroatoms. The van der Waals surface area contributed by atoms with Crippen LogP contribution < -0.4 is 0 Å². The molecule has 0 bridgehead atoms. The first-order valence-electron chi connectivity index (χ1n) is 32.7. The van der Waals surface area contributed by atoms with Crippen LogP contribution in [-0.4, -0.2) is 37.2 Å². The summed E-state index contributed by atoms with van der Waals surface area (Å²) in [6.07, 6.45) is 87.0. The van der Waals surface area contributed by atoms with E-state index in [9.17, 15) is 14.4 Å². The molecule has 0 aliphatic carbocycles. The lowest BCUT2D eigenvalue weighted by Gasteiger charge is -2.18. The van der Waals surface area contributed by atoms with Crippen molar-refractivity contribution in [1.29, 1.82) is 0 Å². The molecule has 0 heterocycles. The number of esters is 3. The van der Waals surface area contributed by atoms with Crippen LogP contribution in [0, 0.1) is 0 Å². The van der Waals surface area contributed by atoms with E-state index in [0.29, 0.717) is 19.3 Å². The number of carbonyl (C=O) groups is 3. The van der Waals surface area contributed by atoms with Crippen LogP contribution in [0.3, 0.4) is 0 Å². The Morgan fingerprint density at radius 2 is 0.506 bits per heavy atom. The molecule has 0 aromatic carbocycles. The first-order chi connectivity index (χ1) is 38.0. The first kappa shape index (κ1) is 73.3. The molecule has 1 unspecified atom stereocenters. The van der Waals surface area contributed by atoms with Crippen LogP contribution >= 0.6 is 0 Å². The van der Waals surface area contributed by atoms with Crippen LogP contribution in [0.4, 0.5) is 0 Å². The number of unbranched alkanes of at least 4 members (excludes halogenated alkanes) is 32. The molecule has 0 spiro atoms. The summed E-state index contributed by atoms with van der Waals surface area (Å²) >= 11 is 0. The summed E-state index contributed by atoms with van der Waals surface area (Å²) in [5.74, 6) is -0.900. The van der Waals surface area contributed by atoms with Crippen molar-refractivity contribution < 1.29 is 28.6 Å². The maximum atomic E-state index is 12.9. The molecule has 0 aromatic rings. The van der Waals surface area contributed by atoms with Gasteiger partial charge in [0.2, 0.25) is 0 Å². The molecule has 0 N–H and O–H groups in total. The third-order valence-electron chi connectivity index (χ3n) is 14.1. The Bertz CT molecular complexity index is 1510. The fourth-order valence-corrected chi connectivity index (χ4v) is 9.18. The van der Waals surface area contributed by atoms with Gasteiger partial charge in [0.15, 0.2) is 6.10 Å². The fourth-order valence-electron chi connectivity index (χ4n) is 9.18. The molecular weight excluding hydrogens is 949 g/mol. The number of hydrogen-bond donors (Lipinski definition) is 0. The number of hydrogen-bond acceptors (Lipinski definition) is 6. The Balaban J connectivity index is 4.37. The Hall–Kier alpha value is -3.67. The van der Waals surface area contributed by atoms with Crippen molar-refractivity contribution in [3.05, 3.63) is 97.2 Å². The zero-order valence-corrected chi connectivity index (χ0v) is 50.7.